The van der Waals surface area contributed by atoms with Gasteiger partial charge in [-0.3, -0.25) is 19.7 Å². The van der Waals surface area contributed by atoms with Crippen molar-refractivity contribution in [2.75, 3.05) is 26.7 Å². The molecule has 2 saturated heterocycles. The number of amides is 3. The molecule has 2 fully saturated rings. The molecule has 0 bridgehead atoms. The quantitative estimate of drug-likeness (QED) is 0.645. The van der Waals surface area contributed by atoms with E-state index >= 15 is 0 Å². The molecule has 2 aromatic carbocycles. The first-order valence-corrected chi connectivity index (χ1v) is 12.2. The summed E-state index contributed by atoms with van der Waals surface area (Å²) in [6.07, 6.45) is 3.22. The predicted molar refractivity (Wildman–Crippen MR) is 128 cm³/mol. The second kappa shape index (κ2) is 9.77. The zero-order valence-electron chi connectivity index (χ0n) is 19.9. The highest BCUT2D eigenvalue weighted by atomic mass is 19.1. The van der Waals surface area contributed by atoms with Gasteiger partial charge in [0.2, 0.25) is 11.8 Å². The maximum Gasteiger partial charge on any atom is 0.255 e. The van der Waals surface area contributed by atoms with Crippen molar-refractivity contribution in [1.29, 1.82) is 0 Å². The van der Waals surface area contributed by atoms with Crippen LogP contribution in [0, 0.1) is 5.82 Å². The van der Waals surface area contributed by atoms with Crippen molar-refractivity contribution in [3.8, 4) is 5.75 Å². The van der Waals surface area contributed by atoms with Gasteiger partial charge in [-0.25, -0.2) is 4.39 Å². The van der Waals surface area contributed by atoms with Gasteiger partial charge in [0.15, 0.2) is 0 Å². The van der Waals surface area contributed by atoms with E-state index in [-0.39, 0.29) is 30.7 Å². The number of piperidine rings is 2. The summed E-state index contributed by atoms with van der Waals surface area (Å²) in [5, 5.41) is 2.32. The number of carbonyl (C=O) groups is 3. The molecular weight excluding hydrogens is 449 g/mol. The van der Waals surface area contributed by atoms with E-state index in [4.69, 9.17) is 4.74 Å². The monoisotopic (exact) mass is 479 g/mol. The van der Waals surface area contributed by atoms with E-state index < -0.39 is 17.8 Å². The molecule has 1 N–H and O–H groups in total. The molecular formula is C27H30FN3O4. The average Bonchev–Trinajstić information content (AvgIpc) is 3.18. The lowest BCUT2D eigenvalue weighted by Gasteiger charge is -2.33. The number of nitrogens with one attached hydrogen (secondary N) is 1. The molecule has 5 rings (SSSR count). The summed E-state index contributed by atoms with van der Waals surface area (Å²) in [5.74, 6) is -0.484. The first kappa shape index (κ1) is 23.5. The van der Waals surface area contributed by atoms with E-state index in [0.717, 1.165) is 55.8 Å². The van der Waals surface area contributed by atoms with Crippen LogP contribution in [0.1, 0.15) is 58.6 Å². The maximum absolute atomic E-state index is 14.6. The fraction of sp³-hybridized carbons (Fsp3) is 0.444. The third kappa shape index (κ3) is 4.80. The third-order valence-corrected chi connectivity index (χ3v) is 7.53. The number of nitrogens with zero attached hydrogens (tertiary/aromatic N) is 2. The van der Waals surface area contributed by atoms with Gasteiger partial charge in [-0.15, -0.1) is 0 Å². The number of hydrogen-bond acceptors (Lipinski definition) is 5. The summed E-state index contributed by atoms with van der Waals surface area (Å²) in [7, 11) is 1.67. The first-order valence-electron chi connectivity index (χ1n) is 12.2. The fourth-order valence-corrected chi connectivity index (χ4v) is 5.60. The van der Waals surface area contributed by atoms with Crippen LogP contribution in [0.2, 0.25) is 0 Å². The number of likely N-dealkylation sites (tertiary alicyclic amines) is 1. The van der Waals surface area contributed by atoms with Crippen molar-refractivity contribution >= 4 is 17.7 Å². The highest BCUT2D eigenvalue weighted by Crippen LogP contribution is 2.37. The molecule has 2 aromatic rings. The molecule has 0 radical (unpaired) electrons. The van der Waals surface area contributed by atoms with Crippen LogP contribution in [0.4, 0.5) is 4.39 Å². The number of imide groups is 1. The van der Waals surface area contributed by atoms with Crippen molar-refractivity contribution in [1.82, 2.24) is 15.1 Å². The van der Waals surface area contributed by atoms with Gasteiger partial charge in [-0.2, -0.15) is 0 Å². The lowest BCUT2D eigenvalue weighted by Crippen LogP contribution is -2.52. The van der Waals surface area contributed by atoms with E-state index in [9.17, 15) is 18.8 Å². The highest BCUT2D eigenvalue weighted by molar-refractivity contribution is 6.05. The first-order chi connectivity index (χ1) is 16.9. The Morgan fingerprint density at radius 1 is 1.09 bits per heavy atom. The Balaban J connectivity index is 1.25. The van der Waals surface area contributed by atoms with E-state index in [0.29, 0.717) is 12.0 Å². The maximum atomic E-state index is 14.6. The van der Waals surface area contributed by atoms with Crippen LogP contribution in [-0.2, 0) is 22.6 Å². The Labute approximate surface area is 204 Å². The van der Waals surface area contributed by atoms with Crippen LogP contribution in [0.15, 0.2) is 36.4 Å². The van der Waals surface area contributed by atoms with Gasteiger partial charge in [-0.05, 0) is 85.6 Å². The molecule has 0 saturated carbocycles. The minimum atomic E-state index is -0.693. The number of carbonyl (C=O) groups excluding carboxylic acids is 3. The van der Waals surface area contributed by atoms with E-state index in [1.807, 2.05) is 12.1 Å². The number of benzene rings is 2. The van der Waals surface area contributed by atoms with Crippen LogP contribution < -0.4 is 10.1 Å². The van der Waals surface area contributed by atoms with E-state index in [1.165, 1.54) is 16.5 Å². The number of methoxy groups -OCH3 is 1. The van der Waals surface area contributed by atoms with Crippen LogP contribution in [-0.4, -0.2) is 60.3 Å². The van der Waals surface area contributed by atoms with Crippen LogP contribution in [0.25, 0.3) is 0 Å². The Kier molecular flexibility index (Phi) is 6.56. The molecule has 0 aromatic heterocycles. The zero-order chi connectivity index (χ0) is 24.5. The smallest absolute Gasteiger partial charge is 0.255 e. The summed E-state index contributed by atoms with van der Waals surface area (Å²) < 4.78 is 19.9. The summed E-state index contributed by atoms with van der Waals surface area (Å²) in [6, 6.07) is 10.3. The minimum absolute atomic E-state index is 0.169. The molecule has 8 heteroatoms. The number of halogens is 1. The molecule has 1 unspecified atom stereocenters. The summed E-state index contributed by atoms with van der Waals surface area (Å²) in [6.45, 7) is 3.05. The van der Waals surface area contributed by atoms with Crippen molar-refractivity contribution in [3.63, 3.8) is 0 Å². The van der Waals surface area contributed by atoms with Crippen molar-refractivity contribution in [2.24, 2.45) is 0 Å². The number of rotatable bonds is 6. The second-order valence-electron chi connectivity index (χ2n) is 9.64. The second-order valence-corrected chi connectivity index (χ2v) is 9.64. The predicted octanol–water partition coefficient (Wildman–Crippen LogP) is 3.02. The molecule has 0 spiro atoms. The fourth-order valence-electron chi connectivity index (χ4n) is 5.60. The molecule has 7 nitrogen and oxygen atoms in total. The van der Waals surface area contributed by atoms with Gasteiger partial charge in [0.25, 0.3) is 5.91 Å². The average molecular weight is 480 g/mol. The molecule has 3 aliphatic rings. The topological polar surface area (TPSA) is 79.0 Å². The normalized spacial score (nSPS) is 21.3. The Morgan fingerprint density at radius 3 is 2.63 bits per heavy atom. The van der Waals surface area contributed by atoms with Crippen molar-refractivity contribution in [3.05, 3.63) is 64.5 Å². The lowest BCUT2D eigenvalue weighted by atomic mass is 9.85. The Bertz CT molecular complexity index is 1160. The van der Waals surface area contributed by atoms with Gasteiger partial charge in [0, 0.05) is 25.1 Å². The van der Waals surface area contributed by atoms with E-state index in [2.05, 4.69) is 22.3 Å². The molecule has 184 valence electrons. The summed E-state index contributed by atoms with van der Waals surface area (Å²) in [5.41, 5.74) is 3.30. The van der Waals surface area contributed by atoms with Crippen molar-refractivity contribution < 1.29 is 23.5 Å². The SMILES string of the molecule is COc1cccc(CCN2CCC(c3cc(F)cc4c3CN(C3CCC(=O)NC3=O)C4=O)CC2)c1. The third-order valence-electron chi connectivity index (χ3n) is 7.53. The number of fused-ring (bicyclic) bond motifs is 1. The minimum Gasteiger partial charge on any atom is -0.497 e. The number of ether oxygens (including phenoxy) is 1. The van der Waals surface area contributed by atoms with Crippen LogP contribution in [0.5, 0.6) is 5.75 Å². The van der Waals surface area contributed by atoms with Gasteiger partial charge in [0.05, 0.1) is 7.11 Å². The molecule has 3 amide bonds. The van der Waals surface area contributed by atoms with Crippen molar-refractivity contribution in [2.45, 2.75) is 50.6 Å². The molecule has 35 heavy (non-hydrogen) atoms. The number of hydrogen-bond donors (Lipinski definition) is 1. The lowest BCUT2D eigenvalue weighted by molar-refractivity contribution is -0.136. The zero-order valence-corrected chi connectivity index (χ0v) is 19.9. The van der Waals surface area contributed by atoms with Gasteiger partial charge in [0.1, 0.15) is 17.6 Å². The van der Waals surface area contributed by atoms with Gasteiger partial charge >= 0.3 is 0 Å². The standard InChI is InChI=1S/C27H30FN3O4/c1-35-20-4-2-3-17(13-20)7-10-30-11-8-18(9-12-30)21-14-19(28)15-22-23(21)16-31(27(22)34)24-5-6-25(32)29-26(24)33/h2-4,13-15,18,24H,5-12,16H2,1H3,(H,29,32,33). The molecule has 1 atom stereocenters. The van der Waals surface area contributed by atoms with E-state index in [1.54, 1.807) is 13.2 Å². The highest BCUT2D eigenvalue weighted by Gasteiger charge is 2.41. The summed E-state index contributed by atoms with van der Waals surface area (Å²) in [4.78, 5) is 40.9. The van der Waals surface area contributed by atoms with Gasteiger partial charge in [-0.1, -0.05) is 12.1 Å². The van der Waals surface area contributed by atoms with Crippen LogP contribution in [0.3, 0.4) is 0 Å². The Hall–Kier alpha value is -3.26. The molecule has 3 heterocycles. The van der Waals surface area contributed by atoms with Gasteiger partial charge < -0.3 is 14.5 Å². The summed E-state index contributed by atoms with van der Waals surface area (Å²) >= 11 is 0. The molecule has 3 aliphatic heterocycles. The Morgan fingerprint density at radius 2 is 1.89 bits per heavy atom. The largest absolute Gasteiger partial charge is 0.497 e. The van der Waals surface area contributed by atoms with Crippen LogP contribution >= 0.6 is 0 Å². The molecule has 0 aliphatic carbocycles.